The van der Waals surface area contributed by atoms with Crippen molar-refractivity contribution in [3.05, 3.63) is 47.1 Å². The Morgan fingerprint density at radius 3 is 2.71 bits per heavy atom. The van der Waals surface area contributed by atoms with Crippen molar-refractivity contribution in [2.24, 2.45) is 0 Å². The second-order valence-corrected chi connectivity index (χ2v) is 5.56. The number of esters is 1. The number of nitrogens with one attached hydrogen (secondary N) is 1. The highest BCUT2D eigenvalue weighted by molar-refractivity contribution is 7.14. The average Bonchev–Trinajstić information content (AvgIpc) is 3.01. The highest BCUT2D eigenvalue weighted by Gasteiger charge is 2.18. The van der Waals surface area contributed by atoms with Crippen molar-refractivity contribution in [1.82, 2.24) is 0 Å². The van der Waals surface area contributed by atoms with Crippen molar-refractivity contribution in [1.29, 1.82) is 5.26 Å². The molecule has 0 spiro atoms. The third-order valence-electron chi connectivity index (χ3n) is 2.84. The molecule has 1 heterocycles. The zero-order valence-corrected chi connectivity index (χ0v) is 13.4. The number of hydrogen-bond acceptors (Lipinski definition) is 6. The summed E-state index contributed by atoms with van der Waals surface area (Å²) in [6.45, 7) is 0.954. The lowest BCUT2D eigenvalue weighted by atomic mass is 10.3. The minimum absolute atomic E-state index is 0.308. The molecule has 0 aliphatic heterocycles. The van der Waals surface area contributed by atoms with E-state index in [0.29, 0.717) is 16.3 Å². The number of benzene rings is 1. The molecular formula is C16H13FN2O4S. The molecule has 0 unspecified atom stereocenters. The summed E-state index contributed by atoms with van der Waals surface area (Å²) >= 11 is 1.20. The van der Waals surface area contributed by atoms with Gasteiger partial charge in [0.25, 0.3) is 5.91 Å². The predicted octanol–water partition coefficient (Wildman–Crippen LogP) is 2.71. The highest BCUT2D eigenvalue weighted by atomic mass is 32.1. The quantitative estimate of drug-likeness (QED) is 0.811. The molecule has 0 radical (unpaired) electrons. The molecule has 24 heavy (non-hydrogen) atoms. The lowest BCUT2D eigenvalue weighted by molar-refractivity contribution is -0.153. The Morgan fingerprint density at radius 1 is 1.33 bits per heavy atom. The SMILES string of the molecule is C[C@H](Oc1ccc(F)cc1)C(=O)OCC(=O)Nc1sccc1C#N. The van der Waals surface area contributed by atoms with Crippen LogP contribution < -0.4 is 10.1 Å². The first-order chi connectivity index (χ1) is 11.5. The summed E-state index contributed by atoms with van der Waals surface area (Å²) in [5.41, 5.74) is 0.340. The standard InChI is InChI=1S/C16H13FN2O4S/c1-10(23-13-4-2-12(17)3-5-13)16(21)22-9-14(20)19-15-11(8-18)6-7-24-15/h2-7,10H,9H2,1H3,(H,19,20)/t10-/m0/s1. The van der Waals surface area contributed by atoms with E-state index in [9.17, 15) is 14.0 Å². The maximum Gasteiger partial charge on any atom is 0.347 e. The molecule has 0 saturated heterocycles. The van der Waals surface area contributed by atoms with E-state index in [1.165, 1.54) is 42.5 Å². The van der Waals surface area contributed by atoms with Gasteiger partial charge in [0.1, 0.15) is 22.6 Å². The molecule has 8 heteroatoms. The number of hydrogen-bond donors (Lipinski definition) is 1. The number of carbonyl (C=O) groups excluding carboxylic acids is 2. The molecule has 1 aromatic heterocycles. The summed E-state index contributed by atoms with van der Waals surface area (Å²) < 4.78 is 22.9. The molecule has 0 fully saturated rings. The van der Waals surface area contributed by atoms with Crippen LogP contribution in [0.15, 0.2) is 35.7 Å². The second kappa shape index (κ2) is 8.08. The Balaban J connectivity index is 1.80. The van der Waals surface area contributed by atoms with E-state index >= 15 is 0 Å². The van der Waals surface area contributed by atoms with Crippen LogP contribution in [-0.2, 0) is 14.3 Å². The largest absolute Gasteiger partial charge is 0.479 e. The Bertz CT molecular complexity index is 767. The molecule has 1 N–H and O–H groups in total. The second-order valence-electron chi connectivity index (χ2n) is 4.65. The van der Waals surface area contributed by atoms with Gasteiger partial charge in [-0.25, -0.2) is 9.18 Å². The number of halogens is 1. The van der Waals surface area contributed by atoms with Crippen LogP contribution in [0.5, 0.6) is 5.75 Å². The van der Waals surface area contributed by atoms with Crippen molar-refractivity contribution in [3.63, 3.8) is 0 Å². The molecule has 0 bridgehead atoms. The molecule has 124 valence electrons. The number of ether oxygens (including phenoxy) is 2. The van der Waals surface area contributed by atoms with Gasteiger partial charge >= 0.3 is 5.97 Å². The maximum atomic E-state index is 12.8. The lowest BCUT2D eigenvalue weighted by Crippen LogP contribution is -2.29. The fourth-order valence-electron chi connectivity index (χ4n) is 1.68. The molecule has 0 aliphatic carbocycles. The molecule has 1 atom stereocenters. The van der Waals surface area contributed by atoms with Gasteiger partial charge in [0.15, 0.2) is 12.7 Å². The van der Waals surface area contributed by atoms with Gasteiger partial charge in [-0.3, -0.25) is 4.79 Å². The van der Waals surface area contributed by atoms with E-state index in [4.69, 9.17) is 14.7 Å². The van der Waals surface area contributed by atoms with Gasteiger partial charge in [-0.1, -0.05) is 0 Å². The van der Waals surface area contributed by atoms with Gasteiger partial charge in [0, 0.05) is 0 Å². The Kier molecular flexibility index (Phi) is 5.87. The summed E-state index contributed by atoms with van der Waals surface area (Å²) in [6.07, 6.45) is -0.959. The molecule has 2 aromatic rings. The van der Waals surface area contributed by atoms with Crippen LogP contribution in [0.1, 0.15) is 12.5 Å². The molecular weight excluding hydrogens is 335 g/mol. The predicted molar refractivity (Wildman–Crippen MR) is 85.1 cm³/mol. The van der Waals surface area contributed by atoms with E-state index < -0.39 is 30.4 Å². The zero-order valence-electron chi connectivity index (χ0n) is 12.6. The number of rotatable bonds is 6. The van der Waals surface area contributed by atoms with Crippen LogP contribution in [-0.4, -0.2) is 24.6 Å². The van der Waals surface area contributed by atoms with Crippen LogP contribution in [0.25, 0.3) is 0 Å². The number of amides is 1. The number of carbonyl (C=O) groups is 2. The minimum atomic E-state index is -0.959. The van der Waals surface area contributed by atoms with Crippen molar-refractivity contribution >= 4 is 28.2 Å². The molecule has 1 aromatic carbocycles. The topological polar surface area (TPSA) is 88.4 Å². The van der Waals surface area contributed by atoms with Gasteiger partial charge in [-0.05, 0) is 42.6 Å². The van der Waals surface area contributed by atoms with E-state index in [1.54, 1.807) is 11.4 Å². The van der Waals surface area contributed by atoms with Gasteiger partial charge in [-0.15, -0.1) is 11.3 Å². The number of anilines is 1. The fraction of sp³-hybridized carbons (Fsp3) is 0.188. The molecule has 6 nitrogen and oxygen atoms in total. The third-order valence-corrected chi connectivity index (χ3v) is 3.67. The van der Waals surface area contributed by atoms with E-state index in [0.717, 1.165) is 0 Å². The van der Waals surface area contributed by atoms with E-state index in [-0.39, 0.29) is 0 Å². The van der Waals surface area contributed by atoms with Crippen LogP contribution in [0, 0.1) is 17.1 Å². The van der Waals surface area contributed by atoms with Gasteiger partial charge in [0.2, 0.25) is 0 Å². The number of nitrogens with zero attached hydrogens (tertiary/aromatic N) is 1. The minimum Gasteiger partial charge on any atom is -0.479 e. The van der Waals surface area contributed by atoms with Gasteiger partial charge < -0.3 is 14.8 Å². The summed E-state index contributed by atoms with van der Waals surface area (Å²) in [6, 6.07) is 8.68. The summed E-state index contributed by atoms with van der Waals surface area (Å²) in [4.78, 5) is 23.5. The monoisotopic (exact) mass is 348 g/mol. The van der Waals surface area contributed by atoms with Crippen molar-refractivity contribution in [2.45, 2.75) is 13.0 Å². The Morgan fingerprint density at radius 2 is 2.04 bits per heavy atom. The normalized spacial score (nSPS) is 11.2. The third kappa shape index (κ3) is 4.79. The first kappa shape index (κ1) is 17.4. The van der Waals surface area contributed by atoms with E-state index in [1.807, 2.05) is 6.07 Å². The zero-order chi connectivity index (χ0) is 17.5. The summed E-state index contributed by atoms with van der Waals surface area (Å²) in [5, 5.41) is 13.4. The molecule has 1 amide bonds. The van der Waals surface area contributed by atoms with Crippen LogP contribution in [0.3, 0.4) is 0 Å². The summed E-state index contributed by atoms with van der Waals surface area (Å²) in [7, 11) is 0. The van der Waals surface area contributed by atoms with Crippen molar-refractivity contribution < 1.29 is 23.5 Å². The number of thiophene rings is 1. The molecule has 0 aliphatic rings. The smallest absolute Gasteiger partial charge is 0.347 e. The number of nitriles is 1. The molecule has 2 rings (SSSR count). The first-order valence-corrected chi connectivity index (χ1v) is 7.74. The lowest BCUT2D eigenvalue weighted by Gasteiger charge is -2.13. The van der Waals surface area contributed by atoms with Gasteiger partial charge in [-0.2, -0.15) is 5.26 Å². The van der Waals surface area contributed by atoms with E-state index in [2.05, 4.69) is 5.32 Å². The average molecular weight is 348 g/mol. The first-order valence-electron chi connectivity index (χ1n) is 6.86. The fourth-order valence-corrected chi connectivity index (χ4v) is 2.43. The summed E-state index contributed by atoms with van der Waals surface area (Å²) in [5.74, 6) is -1.40. The molecule has 0 saturated carbocycles. The van der Waals surface area contributed by atoms with Crippen molar-refractivity contribution in [3.8, 4) is 11.8 Å². The highest BCUT2D eigenvalue weighted by Crippen LogP contribution is 2.21. The van der Waals surface area contributed by atoms with Crippen LogP contribution >= 0.6 is 11.3 Å². The van der Waals surface area contributed by atoms with Crippen LogP contribution in [0.4, 0.5) is 9.39 Å². The maximum absolute atomic E-state index is 12.8. The van der Waals surface area contributed by atoms with Gasteiger partial charge in [0.05, 0.1) is 5.56 Å². The Labute approximate surface area is 141 Å². The Hall–Kier alpha value is -2.92. The van der Waals surface area contributed by atoms with Crippen LogP contribution in [0.2, 0.25) is 0 Å². The van der Waals surface area contributed by atoms with Crippen molar-refractivity contribution in [2.75, 3.05) is 11.9 Å².